The Kier molecular flexibility index (Phi) is 15.4. The van der Waals surface area contributed by atoms with Crippen LogP contribution in [0.1, 0.15) is 22.8 Å². The summed E-state index contributed by atoms with van der Waals surface area (Å²) < 4.78 is 0. The van der Waals surface area contributed by atoms with Crippen molar-refractivity contribution in [2.45, 2.75) is 27.7 Å². The predicted octanol–water partition coefficient (Wildman–Crippen LogP) is 7.19. The summed E-state index contributed by atoms with van der Waals surface area (Å²) in [4.78, 5) is 83.3. The van der Waals surface area contributed by atoms with Gasteiger partial charge in [-0.3, -0.25) is 58.7 Å². The zero-order chi connectivity index (χ0) is 50.1. The van der Waals surface area contributed by atoms with Crippen LogP contribution in [0.4, 0.5) is 22.7 Å². The average molecular weight is 965 g/mol. The summed E-state index contributed by atoms with van der Waals surface area (Å²) in [6.07, 6.45) is 0. The Morgan fingerprint density at radius 2 is 0.542 bits per heavy atom. The largest absolute Gasteiger partial charge is 0.324 e. The van der Waals surface area contributed by atoms with Crippen molar-refractivity contribution in [3.8, 4) is 0 Å². The number of fused-ring (bicyclic) bond motifs is 4. The minimum Gasteiger partial charge on any atom is -0.324 e. The van der Waals surface area contributed by atoms with Gasteiger partial charge in [0, 0.05) is 96.7 Å². The Balaban J connectivity index is 0.978. The van der Waals surface area contributed by atoms with Crippen LogP contribution < -0.4 is 21.3 Å². The summed E-state index contributed by atoms with van der Waals surface area (Å²) in [6.45, 7) is 11.4. The molecule has 0 radical (unpaired) electrons. The second-order valence-electron chi connectivity index (χ2n) is 18.6. The number of carbonyl (C=O) groups is 4. The third-order valence-corrected chi connectivity index (χ3v) is 12.9. The van der Waals surface area contributed by atoms with Gasteiger partial charge in [0.15, 0.2) is 0 Å². The van der Waals surface area contributed by atoms with Crippen molar-refractivity contribution in [2.75, 3.05) is 99.8 Å². The van der Waals surface area contributed by atoms with Crippen molar-refractivity contribution < 1.29 is 19.2 Å². The van der Waals surface area contributed by atoms with E-state index in [2.05, 4.69) is 60.8 Å². The molecule has 368 valence electrons. The van der Waals surface area contributed by atoms with E-state index in [0.29, 0.717) is 75.1 Å². The Hall–Kier alpha value is -7.76. The van der Waals surface area contributed by atoms with E-state index in [1.807, 2.05) is 149 Å². The minimum absolute atomic E-state index is 0.0653. The van der Waals surface area contributed by atoms with Gasteiger partial charge in [-0.05, 0) is 76.2 Å². The van der Waals surface area contributed by atoms with E-state index >= 15 is 0 Å². The van der Waals surface area contributed by atoms with Gasteiger partial charge >= 0.3 is 0 Å². The molecule has 9 rings (SSSR count). The van der Waals surface area contributed by atoms with E-state index < -0.39 is 0 Å². The molecule has 72 heavy (non-hydrogen) atoms. The first-order valence-electron chi connectivity index (χ1n) is 24.4. The van der Waals surface area contributed by atoms with E-state index in [4.69, 9.17) is 0 Å². The molecule has 4 N–H and O–H groups in total. The summed E-state index contributed by atoms with van der Waals surface area (Å²) in [7, 11) is 0. The van der Waals surface area contributed by atoms with E-state index in [9.17, 15) is 19.2 Å². The van der Waals surface area contributed by atoms with E-state index in [0.717, 1.165) is 66.4 Å². The smallest absolute Gasteiger partial charge is 0.238 e. The molecule has 16 nitrogen and oxygen atoms in total. The van der Waals surface area contributed by atoms with Crippen LogP contribution in [0.25, 0.3) is 43.6 Å². The molecule has 8 aromatic rings. The van der Waals surface area contributed by atoms with Crippen molar-refractivity contribution >= 4 is 90.0 Å². The number of anilines is 4. The lowest BCUT2D eigenvalue weighted by molar-refractivity contribution is -0.120. The van der Waals surface area contributed by atoms with Gasteiger partial charge in [0.1, 0.15) is 0 Å². The van der Waals surface area contributed by atoms with Crippen molar-refractivity contribution in [3.63, 3.8) is 0 Å². The lowest BCUT2D eigenvalue weighted by Crippen LogP contribution is -2.50. The first-order valence-corrected chi connectivity index (χ1v) is 24.4. The molecule has 1 saturated heterocycles. The quantitative estimate of drug-likeness (QED) is 0.0970. The van der Waals surface area contributed by atoms with Gasteiger partial charge in [-0.15, -0.1) is 0 Å². The topological polar surface area (TPSA) is 181 Å². The van der Waals surface area contributed by atoms with Crippen LogP contribution in [-0.4, -0.2) is 142 Å². The number of para-hydroxylation sites is 4. The van der Waals surface area contributed by atoms with Gasteiger partial charge in [-0.2, -0.15) is 0 Å². The molecule has 0 bridgehead atoms. The normalized spacial score (nSPS) is 14.7. The van der Waals surface area contributed by atoms with Crippen LogP contribution in [0.3, 0.4) is 0 Å². The average Bonchev–Trinajstić information content (AvgIpc) is 3.34. The first kappa shape index (κ1) is 49.2. The number of aromatic nitrogens is 4. The number of benzene rings is 4. The highest BCUT2D eigenvalue weighted by Gasteiger charge is 2.23. The van der Waals surface area contributed by atoms with Gasteiger partial charge in [-0.25, -0.2) is 0 Å². The fourth-order valence-electron chi connectivity index (χ4n) is 9.43. The molecule has 0 aliphatic carbocycles. The lowest BCUT2D eigenvalue weighted by atomic mass is 10.1. The molecule has 1 fully saturated rings. The van der Waals surface area contributed by atoms with Gasteiger partial charge in [0.25, 0.3) is 0 Å². The fourth-order valence-corrected chi connectivity index (χ4v) is 9.43. The van der Waals surface area contributed by atoms with Crippen molar-refractivity contribution in [1.82, 2.24) is 39.5 Å². The molecular weight excluding hydrogens is 905 g/mol. The van der Waals surface area contributed by atoms with Gasteiger partial charge < -0.3 is 21.3 Å². The fraction of sp³-hybridized carbons (Fsp3) is 0.286. The molecule has 0 unspecified atom stereocenters. The third-order valence-electron chi connectivity index (χ3n) is 12.9. The number of aryl methyl sites for hydroxylation is 4. The molecule has 0 saturated carbocycles. The number of hydrogen-bond donors (Lipinski definition) is 4. The van der Waals surface area contributed by atoms with Crippen molar-refractivity contribution in [3.05, 3.63) is 144 Å². The second kappa shape index (κ2) is 22.5. The third kappa shape index (κ3) is 12.6. The Morgan fingerprint density at radius 3 is 0.750 bits per heavy atom. The number of pyridine rings is 4. The zero-order valence-corrected chi connectivity index (χ0v) is 41.2. The van der Waals surface area contributed by atoms with Crippen molar-refractivity contribution in [1.29, 1.82) is 0 Å². The molecule has 1 aliphatic rings. The van der Waals surface area contributed by atoms with Crippen LogP contribution >= 0.6 is 0 Å². The molecule has 4 aromatic carbocycles. The highest BCUT2D eigenvalue weighted by Crippen LogP contribution is 2.26. The van der Waals surface area contributed by atoms with E-state index in [1.165, 1.54) is 0 Å². The Labute approximate surface area is 418 Å². The summed E-state index contributed by atoms with van der Waals surface area (Å²) in [5.41, 5.74) is 9.05. The van der Waals surface area contributed by atoms with Crippen LogP contribution in [0.2, 0.25) is 0 Å². The van der Waals surface area contributed by atoms with Crippen LogP contribution in [-0.2, 0) is 19.2 Å². The molecule has 4 amide bonds. The van der Waals surface area contributed by atoms with Crippen LogP contribution in [0.15, 0.2) is 121 Å². The molecule has 0 spiro atoms. The molecule has 1 aliphatic heterocycles. The van der Waals surface area contributed by atoms with Crippen LogP contribution in [0, 0.1) is 27.7 Å². The highest BCUT2D eigenvalue weighted by molar-refractivity contribution is 6.04. The number of hydrogen-bond acceptors (Lipinski definition) is 12. The molecule has 0 atom stereocenters. The number of carbonyl (C=O) groups excluding carboxylic acids is 4. The van der Waals surface area contributed by atoms with E-state index in [-0.39, 0.29) is 49.8 Å². The molecule has 5 heterocycles. The summed E-state index contributed by atoms with van der Waals surface area (Å²) in [5.74, 6) is -0.775. The Morgan fingerprint density at radius 1 is 0.347 bits per heavy atom. The number of nitrogens with one attached hydrogen (secondary N) is 4. The number of amides is 4. The lowest BCUT2D eigenvalue weighted by Gasteiger charge is -2.33. The predicted molar refractivity (Wildman–Crippen MR) is 286 cm³/mol. The monoisotopic (exact) mass is 964 g/mol. The standard InChI is InChI=1S/C56H60N12O4/c1-37-29-49(41-13-5-9-17-45(41)57-37)61-53(69)33-65-21-23-66(34-54(70)62-50-30-38(2)58-46-18-10-6-14-42(46)50)25-27-68(36-56(72)64-52-32-40(4)60-48-20-12-8-16-44(48)52)28-26-67(24-22-65)35-55(71)63-51-31-39(3)59-47-19-11-7-15-43(47)51/h5-20,29-32H,21-28,33-36H2,1-4H3,(H,57,61,69)(H,58,62,70)(H,59,63,71)(H,60,64,72). The molecule has 4 aromatic heterocycles. The SMILES string of the molecule is Cc1cc(NC(=O)CN2CCN(CC(=O)Nc3cc(C)nc4ccccc34)CCN(CC(=O)Nc3cc(C)nc4ccccc34)CCN(CC(=O)Nc3cc(C)nc4ccccc34)CC2)c2ccccc2n1. The number of nitrogens with zero attached hydrogens (tertiary/aromatic N) is 8. The van der Waals surface area contributed by atoms with Gasteiger partial charge in [0.2, 0.25) is 23.6 Å². The van der Waals surface area contributed by atoms with Crippen LogP contribution in [0.5, 0.6) is 0 Å². The summed E-state index contributed by atoms with van der Waals surface area (Å²) in [5, 5.41) is 16.0. The second-order valence-corrected chi connectivity index (χ2v) is 18.6. The first-order chi connectivity index (χ1) is 34.9. The number of rotatable bonds is 12. The highest BCUT2D eigenvalue weighted by atomic mass is 16.2. The Bertz CT molecular complexity index is 2860. The van der Waals surface area contributed by atoms with Gasteiger partial charge in [-0.1, -0.05) is 72.8 Å². The minimum atomic E-state index is -0.194. The molecule has 16 heteroatoms. The van der Waals surface area contributed by atoms with E-state index in [1.54, 1.807) is 0 Å². The maximum Gasteiger partial charge on any atom is 0.238 e. The van der Waals surface area contributed by atoms with Gasteiger partial charge in [0.05, 0.1) is 71.0 Å². The molecular formula is C56H60N12O4. The maximum atomic E-state index is 14.1. The zero-order valence-electron chi connectivity index (χ0n) is 41.2. The summed E-state index contributed by atoms with van der Waals surface area (Å²) in [6, 6.07) is 38.4. The maximum absolute atomic E-state index is 14.1. The summed E-state index contributed by atoms with van der Waals surface area (Å²) >= 11 is 0. The van der Waals surface area contributed by atoms with Crippen molar-refractivity contribution in [2.24, 2.45) is 0 Å².